The highest BCUT2D eigenvalue weighted by molar-refractivity contribution is 7.99. The van der Waals surface area contributed by atoms with Crippen molar-refractivity contribution in [1.82, 2.24) is 0 Å². The predicted octanol–water partition coefficient (Wildman–Crippen LogP) is 1.62. The number of anilines is 1. The van der Waals surface area contributed by atoms with E-state index in [2.05, 4.69) is 5.32 Å². The molecular weight excluding hydrogens is 254 g/mol. The summed E-state index contributed by atoms with van der Waals surface area (Å²) in [5.41, 5.74) is 5.46. The first-order valence-corrected chi connectivity index (χ1v) is 6.61. The molecule has 0 saturated carbocycles. The summed E-state index contributed by atoms with van der Waals surface area (Å²) in [7, 11) is 0. The van der Waals surface area contributed by atoms with Gasteiger partial charge in [0.05, 0.1) is 10.7 Å². The molecule has 1 aromatic carbocycles. The third-order valence-electron chi connectivity index (χ3n) is 2.10. The fraction of sp³-hybridized carbons (Fsp3) is 0.364. The Balaban J connectivity index is 2.51. The monoisotopic (exact) mass is 269 g/mol. The van der Waals surface area contributed by atoms with Gasteiger partial charge in [0.25, 0.3) is 5.69 Å². The maximum atomic E-state index is 11.6. The first kappa shape index (κ1) is 14.5. The Kier molecular flexibility index (Phi) is 6.16. The molecule has 0 fully saturated rings. The second-order valence-corrected chi connectivity index (χ2v) is 4.62. The molecule has 1 amide bonds. The molecule has 18 heavy (non-hydrogen) atoms. The van der Waals surface area contributed by atoms with Gasteiger partial charge in [0.2, 0.25) is 5.91 Å². The van der Waals surface area contributed by atoms with Gasteiger partial charge in [-0.3, -0.25) is 14.9 Å². The van der Waals surface area contributed by atoms with E-state index in [1.165, 1.54) is 23.9 Å². The van der Waals surface area contributed by atoms with Gasteiger partial charge in [0.15, 0.2) is 0 Å². The molecule has 0 aromatic heterocycles. The number of hydrogen-bond acceptors (Lipinski definition) is 5. The molecule has 98 valence electrons. The van der Waals surface area contributed by atoms with Gasteiger partial charge in [-0.15, -0.1) is 0 Å². The zero-order valence-electron chi connectivity index (χ0n) is 9.80. The van der Waals surface area contributed by atoms with Gasteiger partial charge in [0.1, 0.15) is 5.69 Å². The average Bonchev–Trinajstić information content (AvgIpc) is 2.35. The van der Waals surface area contributed by atoms with Crippen molar-refractivity contribution in [2.45, 2.75) is 6.42 Å². The number of nitrogens with one attached hydrogen (secondary N) is 1. The third-order valence-corrected chi connectivity index (χ3v) is 3.14. The fourth-order valence-corrected chi connectivity index (χ4v) is 2.05. The van der Waals surface area contributed by atoms with Crippen LogP contribution in [0.2, 0.25) is 0 Å². The summed E-state index contributed by atoms with van der Waals surface area (Å²) in [5, 5.41) is 13.3. The van der Waals surface area contributed by atoms with Gasteiger partial charge >= 0.3 is 0 Å². The summed E-state index contributed by atoms with van der Waals surface area (Å²) in [6.07, 6.45) is 0.851. The molecule has 0 radical (unpaired) electrons. The molecule has 0 atom stereocenters. The molecule has 1 aromatic rings. The van der Waals surface area contributed by atoms with Gasteiger partial charge in [-0.25, -0.2) is 0 Å². The molecule has 0 heterocycles. The van der Waals surface area contributed by atoms with Crippen LogP contribution in [0.25, 0.3) is 0 Å². The second-order valence-electron chi connectivity index (χ2n) is 3.52. The maximum Gasteiger partial charge on any atom is 0.292 e. The lowest BCUT2D eigenvalue weighted by Gasteiger charge is -2.05. The van der Waals surface area contributed by atoms with Crippen LogP contribution in [0.15, 0.2) is 24.3 Å². The number of para-hydroxylation sites is 2. The maximum absolute atomic E-state index is 11.6. The summed E-state index contributed by atoms with van der Waals surface area (Å²) in [5.74, 6) is 0.832. The molecule has 6 nitrogen and oxygen atoms in total. The van der Waals surface area contributed by atoms with Gasteiger partial charge in [0, 0.05) is 6.07 Å². The van der Waals surface area contributed by atoms with Crippen molar-refractivity contribution < 1.29 is 9.72 Å². The normalized spacial score (nSPS) is 10.1. The van der Waals surface area contributed by atoms with E-state index in [1.54, 1.807) is 12.1 Å². The molecular formula is C11H15N3O3S. The Labute approximate surface area is 109 Å². The van der Waals surface area contributed by atoms with Crippen LogP contribution in [-0.2, 0) is 4.79 Å². The molecule has 0 aliphatic heterocycles. The molecule has 0 bridgehead atoms. The van der Waals surface area contributed by atoms with Crippen LogP contribution in [0.1, 0.15) is 6.42 Å². The topological polar surface area (TPSA) is 98.3 Å². The number of hydrogen-bond donors (Lipinski definition) is 2. The minimum absolute atomic E-state index is 0.0993. The molecule has 0 aliphatic rings. The van der Waals surface area contributed by atoms with Crippen LogP contribution < -0.4 is 11.1 Å². The second kappa shape index (κ2) is 7.67. The number of carbonyl (C=O) groups excluding carboxylic acids is 1. The van der Waals surface area contributed by atoms with E-state index >= 15 is 0 Å². The van der Waals surface area contributed by atoms with Crippen LogP contribution >= 0.6 is 11.8 Å². The molecule has 0 unspecified atom stereocenters. The molecule has 1 rings (SSSR count). The van der Waals surface area contributed by atoms with Crippen LogP contribution in [0, 0.1) is 10.1 Å². The van der Waals surface area contributed by atoms with Crippen molar-refractivity contribution in [1.29, 1.82) is 0 Å². The third kappa shape index (κ3) is 4.72. The van der Waals surface area contributed by atoms with E-state index in [1.807, 2.05) is 0 Å². The Morgan fingerprint density at radius 1 is 1.44 bits per heavy atom. The Bertz CT molecular complexity index is 426. The number of nitro benzene ring substituents is 1. The zero-order valence-corrected chi connectivity index (χ0v) is 10.6. The van der Waals surface area contributed by atoms with Gasteiger partial charge in [-0.2, -0.15) is 11.8 Å². The van der Waals surface area contributed by atoms with E-state index in [-0.39, 0.29) is 23.0 Å². The van der Waals surface area contributed by atoms with E-state index in [9.17, 15) is 14.9 Å². The van der Waals surface area contributed by atoms with Gasteiger partial charge < -0.3 is 11.1 Å². The summed E-state index contributed by atoms with van der Waals surface area (Å²) >= 11 is 1.46. The largest absolute Gasteiger partial charge is 0.330 e. The van der Waals surface area contributed by atoms with Gasteiger partial charge in [-0.1, -0.05) is 12.1 Å². The number of nitrogens with zero attached hydrogens (tertiary/aromatic N) is 1. The minimum Gasteiger partial charge on any atom is -0.330 e. The van der Waals surface area contributed by atoms with Crippen molar-refractivity contribution in [2.24, 2.45) is 5.73 Å². The van der Waals surface area contributed by atoms with Crippen LogP contribution in [0.4, 0.5) is 11.4 Å². The van der Waals surface area contributed by atoms with E-state index in [0.717, 1.165) is 12.2 Å². The van der Waals surface area contributed by atoms with Crippen molar-refractivity contribution in [3.05, 3.63) is 34.4 Å². The van der Waals surface area contributed by atoms with Crippen LogP contribution in [0.5, 0.6) is 0 Å². The number of thioether (sulfide) groups is 1. The predicted molar refractivity (Wildman–Crippen MR) is 72.7 cm³/mol. The first-order valence-electron chi connectivity index (χ1n) is 5.46. The van der Waals surface area contributed by atoms with E-state index in [4.69, 9.17) is 5.73 Å². The highest BCUT2D eigenvalue weighted by Crippen LogP contribution is 2.23. The van der Waals surface area contributed by atoms with Crippen molar-refractivity contribution >= 4 is 29.0 Å². The van der Waals surface area contributed by atoms with Crippen molar-refractivity contribution in [3.63, 3.8) is 0 Å². The number of amides is 1. The number of nitrogens with two attached hydrogens (primary N) is 1. The summed E-state index contributed by atoms with van der Waals surface area (Å²) < 4.78 is 0. The lowest BCUT2D eigenvalue weighted by Crippen LogP contribution is -2.15. The Hall–Kier alpha value is -1.60. The van der Waals surface area contributed by atoms with Crippen molar-refractivity contribution in [3.8, 4) is 0 Å². The van der Waals surface area contributed by atoms with E-state index in [0.29, 0.717) is 6.54 Å². The lowest BCUT2D eigenvalue weighted by atomic mass is 10.2. The lowest BCUT2D eigenvalue weighted by molar-refractivity contribution is -0.383. The fourth-order valence-electron chi connectivity index (χ4n) is 1.28. The number of benzene rings is 1. The zero-order chi connectivity index (χ0) is 13.4. The number of nitro groups is 1. The number of carbonyl (C=O) groups is 1. The highest BCUT2D eigenvalue weighted by atomic mass is 32.2. The van der Waals surface area contributed by atoms with Crippen LogP contribution in [-0.4, -0.2) is 28.9 Å². The Morgan fingerprint density at radius 2 is 2.17 bits per heavy atom. The van der Waals surface area contributed by atoms with Crippen LogP contribution in [0.3, 0.4) is 0 Å². The number of rotatable bonds is 7. The molecule has 0 spiro atoms. The molecule has 0 aliphatic carbocycles. The minimum atomic E-state index is -0.517. The summed E-state index contributed by atoms with van der Waals surface area (Å²) in [4.78, 5) is 21.8. The average molecular weight is 269 g/mol. The standard InChI is InChI=1S/C11H15N3O3S/c12-6-3-7-18-8-11(15)13-9-4-1-2-5-10(9)14(16)17/h1-2,4-5H,3,6-8,12H2,(H,13,15). The highest BCUT2D eigenvalue weighted by Gasteiger charge is 2.14. The van der Waals surface area contributed by atoms with Gasteiger partial charge in [-0.05, 0) is 24.8 Å². The van der Waals surface area contributed by atoms with Crippen molar-refractivity contribution in [2.75, 3.05) is 23.4 Å². The first-order chi connectivity index (χ1) is 8.65. The quantitative estimate of drug-likeness (QED) is 0.445. The summed E-state index contributed by atoms with van der Waals surface area (Å²) in [6.45, 7) is 0.596. The molecule has 3 N–H and O–H groups in total. The summed E-state index contributed by atoms with van der Waals surface area (Å²) in [6, 6.07) is 6.08. The van der Waals surface area contributed by atoms with E-state index < -0.39 is 4.92 Å². The Morgan fingerprint density at radius 3 is 2.83 bits per heavy atom. The SMILES string of the molecule is NCCCSCC(=O)Nc1ccccc1[N+](=O)[O-]. The molecule has 0 saturated heterocycles. The smallest absolute Gasteiger partial charge is 0.292 e. The molecule has 7 heteroatoms.